The van der Waals surface area contributed by atoms with E-state index in [1.807, 2.05) is 13.8 Å². The lowest BCUT2D eigenvalue weighted by atomic mass is 10.1. The third kappa shape index (κ3) is 10.5. The first-order chi connectivity index (χ1) is 12.4. The van der Waals surface area contributed by atoms with Crippen molar-refractivity contribution in [3.8, 4) is 0 Å². The monoisotopic (exact) mass is 519 g/mol. The molecule has 11 heteroatoms. The minimum absolute atomic E-state index is 0. The molecule has 1 amide bonds. The van der Waals surface area contributed by atoms with Crippen LogP contribution in [-0.4, -0.2) is 82.8 Å². The van der Waals surface area contributed by atoms with Crippen molar-refractivity contribution < 1.29 is 17.9 Å². The maximum atomic E-state index is 12.1. The SMILES string of the molecule is CCCS(=O)(=O)N1CCC(NC(=NCC(=O)NCCOC)NCC)CC1.I. The lowest BCUT2D eigenvalue weighted by Gasteiger charge is -2.32. The average molecular weight is 519 g/mol. The highest BCUT2D eigenvalue weighted by molar-refractivity contribution is 14.0. The second-order valence-electron chi connectivity index (χ2n) is 6.17. The van der Waals surface area contributed by atoms with Crippen molar-refractivity contribution in [3.05, 3.63) is 0 Å². The highest BCUT2D eigenvalue weighted by Crippen LogP contribution is 2.15. The number of sulfonamides is 1. The van der Waals surface area contributed by atoms with Crippen LogP contribution in [0.3, 0.4) is 0 Å². The Labute approximate surface area is 180 Å². The van der Waals surface area contributed by atoms with Crippen LogP contribution < -0.4 is 16.0 Å². The number of halogens is 1. The number of nitrogens with one attached hydrogen (secondary N) is 3. The molecule has 160 valence electrons. The molecule has 0 aromatic heterocycles. The summed E-state index contributed by atoms with van der Waals surface area (Å²) < 4.78 is 30.7. The van der Waals surface area contributed by atoms with Crippen molar-refractivity contribution in [3.63, 3.8) is 0 Å². The fraction of sp³-hybridized carbons (Fsp3) is 0.875. The molecule has 1 saturated heterocycles. The van der Waals surface area contributed by atoms with Gasteiger partial charge in [-0.05, 0) is 26.2 Å². The van der Waals surface area contributed by atoms with Gasteiger partial charge in [0, 0.05) is 39.3 Å². The van der Waals surface area contributed by atoms with Gasteiger partial charge in [-0.3, -0.25) is 4.79 Å². The Kier molecular flexibility index (Phi) is 14.0. The number of piperidine rings is 1. The first-order valence-corrected chi connectivity index (χ1v) is 10.8. The molecule has 9 nitrogen and oxygen atoms in total. The predicted molar refractivity (Wildman–Crippen MR) is 118 cm³/mol. The van der Waals surface area contributed by atoms with Gasteiger partial charge in [0.05, 0.1) is 12.4 Å². The second-order valence-corrected chi connectivity index (χ2v) is 8.26. The number of hydrogen-bond donors (Lipinski definition) is 3. The number of guanidine groups is 1. The Balaban J connectivity index is 0.00000676. The topological polar surface area (TPSA) is 112 Å². The third-order valence-electron chi connectivity index (χ3n) is 4.00. The van der Waals surface area contributed by atoms with Crippen LogP contribution in [-0.2, 0) is 19.6 Å². The number of hydrogen-bond acceptors (Lipinski definition) is 5. The van der Waals surface area contributed by atoms with Crippen molar-refractivity contribution in [2.45, 2.75) is 39.2 Å². The van der Waals surface area contributed by atoms with Crippen LogP contribution in [0.4, 0.5) is 0 Å². The molecule has 1 fully saturated rings. The van der Waals surface area contributed by atoms with Gasteiger partial charge >= 0.3 is 0 Å². The Morgan fingerprint density at radius 2 is 1.89 bits per heavy atom. The van der Waals surface area contributed by atoms with E-state index >= 15 is 0 Å². The fourth-order valence-electron chi connectivity index (χ4n) is 2.68. The van der Waals surface area contributed by atoms with E-state index in [4.69, 9.17) is 4.74 Å². The van der Waals surface area contributed by atoms with Gasteiger partial charge in [-0.1, -0.05) is 6.92 Å². The number of nitrogens with zero attached hydrogens (tertiary/aromatic N) is 2. The van der Waals surface area contributed by atoms with Crippen molar-refractivity contribution >= 4 is 45.9 Å². The van der Waals surface area contributed by atoms with Crippen LogP contribution in [0, 0.1) is 0 Å². The van der Waals surface area contributed by atoms with Gasteiger partial charge in [0.1, 0.15) is 6.54 Å². The first-order valence-electron chi connectivity index (χ1n) is 9.21. The van der Waals surface area contributed by atoms with Gasteiger partial charge in [0.2, 0.25) is 15.9 Å². The first kappa shape index (κ1) is 26.3. The summed E-state index contributed by atoms with van der Waals surface area (Å²) in [7, 11) is -1.55. The molecule has 1 aliphatic heterocycles. The number of methoxy groups -OCH3 is 1. The van der Waals surface area contributed by atoms with Crippen LogP contribution in [0.5, 0.6) is 0 Å². The van der Waals surface area contributed by atoms with E-state index in [0.717, 1.165) is 0 Å². The molecule has 0 unspecified atom stereocenters. The highest BCUT2D eigenvalue weighted by atomic mass is 127. The van der Waals surface area contributed by atoms with E-state index in [9.17, 15) is 13.2 Å². The molecular weight excluding hydrogens is 485 g/mol. The average Bonchev–Trinajstić information content (AvgIpc) is 2.60. The molecule has 0 atom stereocenters. The smallest absolute Gasteiger partial charge is 0.241 e. The maximum Gasteiger partial charge on any atom is 0.241 e. The summed E-state index contributed by atoms with van der Waals surface area (Å²) in [6, 6.07) is 0.137. The Hall–Kier alpha value is -0.660. The molecule has 0 spiro atoms. The molecule has 0 saturated carbocycles. The Morgan fingerprint density at radius 1 is 1.22 bits per heavy atom. The Bertz CT molecular complexity index is 551. The van der Waals surface area contributed by atoms with Crippen LogP contribution >= 0.6 is 24.0 Å². The van der Waals surface area contributed by atoms with Gasteiger partial charge in [-0.2, -0.15) is 0 Å². The van der Waals surface area contributed by atoms with Gasteiger partial charge in [0.15, 0.2) is 5.96 Å². The van der Waals surface area contributed by atoms with Crippen molar-refractivity contribution in [2.75, 3.05) is 52.2 Å². The number of carbonyl (C=O) groups is 1. The minimum atomic E-state index is -3.13. The van der Waals surface area contributed by atoms with E-state index < -0.39 is 10.0 Å². The van der Waals surface area contributed by atoms with Gasteiger partial charge in [0.25, 0.3) is 0 Å². The number of amides is 1. The quantitative estimate of drug-likeness (QED) is 0.164. The van der Waals surface area contributed by atoms with Crippen molar-refractivity contribution in [1.82, 2.24) is 20.3 Å². The maximum absolute atomic E-state index is 12.1. The zero-order valence-electron chi connectivity index (χ0n) is 16.5. The second kappa shape index (κ2) is 14.4. The summed E-state index contributed by atoms with van der Waals surface area (Å²) in [5, 5.41) is 9.13. The number of aliphatic imine (C=N–C) groups is 1. The molecule has 1 rings (SSSR count). The molecule has 0 aromatic carbocycles. The van der Waals surface area contributed by atoms with Crippen molar-refractivity contribution in [1.29, 1.82) is 0 Å². The molecule has 0 bridgehead atoms. The molecule has 1 aliphatic rings. The van der Waals surface area contributed by atoms with Crippen LogP contribution in [0.1, 0.15) is 33.1 Å². The van der Waals surface area contributed by atoms with Gasteiger partial charge in [-0.15, -0.1) is 24.0 Å². The summed E-state index contributed by atoms with van der Waals surface area (Å²) >= 11 is 0. The zero-order valence-corrected chi connectivity index (χ0v) is 19.6. The third-order valence-corrected chi connectivity index (χ3v) is 6.08. The van der Waals surface area contributed by atoms with E-state index in [2.05, 4.69) is 20.9 Å². The summed E-state index contributed by atoms with van der Waals surface area (Å²) in [4.78, 5) is 16.0. The van der Waals surface area contributed by atoms with E-state index in [1.165, 1.54) is 0 Å². The van der Waals surface area contributed by atoms with Crippen molar-refractivity contribution in [2.24, 2.45) is 4.99 Å². The largest absolute Gasteiger partial charge is 0.383 e. The molecule has 0 aromatic rings. The van der Waals surface area contributed by atoms with E-state index in [1.54, 1.807) is 11.4 Å². The van der Waals surface area contributed by atoms with Crippen LogP contribution in [0.25, 0.3) is 0 Å². The number of carbonyl (C=O) groups excluding carboxylic acids is 1. The molecule has 27 heavy (non-hydrogen) atoms. The number of rotatable bonds is 10. The normalized spacial score (nSPS) is 16.5. The summed E-state index contributed by atoms with van der Waals surface area (Å²) in [6.45, 7) is 6.48. The fourth-order valence-corrected chi connectivity index (χ4v) is 4.22. The number of ether oxygens (including phenoxy) is 1. The summed E-state index contributed by atoms with van der Waals surface area (Å²) in [5.74, 6) is 0.608. The van der Waals surface area contributed by atoms with E-state index in [0.29, 0.717) is 58.0 Å². The van der Waals surface area contributed by atoms with Gasteiger partial charge < -0.3 is 20.7 Å². The lowest BCUT2D eigenvalue weighted by molar-refractivity contribution is -0.119. The molecule has 0 radical (unpaired) electrons. The molecule has 0 aliphatic carbocycles. The summed E-state index contributed by atoms with van der Waals surface area (Å²) in [5.41, 5.74) is 0. The van der Waals surface area contributed by atoms with Crippen LogP contribution in [0.2, 0.25) is 0 Å². The minimum Gasteiger partial charge on any atom is -0.383 e. The molecule has 3 N–H and O–H groups in total. The zero-order chi connectivity index (χ0) is 19.4. The lowest BCUT2D eigenvalue weighted by Crippen LogP contribution is -2.50. The molecular formula is C16H34IN5O4S. The van der Waals surface area contributed by atoms with E-state index in [-0.39, 0.29) is 48.2 Å². The summed E-state index contributed by atoms with van der Waals surface area (Å²) in [6.07, 6.45) is 2.06. The van der Waals surface area contributed by atoms with Crippen LogP contribution in [0.15, 0.2) is 4.99 Å². The molecule has 1 heterocycles. The standard InChI is InChI=1S/C16H33N5O4S.HI/c1-4-12-26(23,24)21-9-6-14(7-10-21)20-16(17-5-2)19-13-15(22)18-8-11-25-3;/h14H,4-13H2,1-3H3,(H,18,22)(H2,17,19,20);1H. The predicted octanol–water partition coefficient (Wildman–Crippen LogP) is 0.126. The highest BCUT2D eigenvalue weighted by Gasteiger charge is 2.27. The van der Waals surface area contributed by atoms with Gasteiger partial charge in [-0.25, -0.2) is 17.7 Å². The Morgan fingerprint density at radius 3 is 2.44 bits per heavy atom.